The van der Waals surface area contributed by atoms with Crippen LogP contribution in [-0.2, 0) is 5.60 Å². The van der Waals surface area contributed by atoms with Gasteiger partial charge >= 0.3 is 0 Å². The summed E-state index contributed by atoms with van der Waals surface area (Å²) in [5.74, 6) is 0. The van der Waals surface area contributed by atoms with E-state index in [0.717, 1.165) is 49.5 Å². The lowest BCUT2D eigenvalue weighted by Gasteiger charge is -2.42. The van der Waals surface area contributed by atoms with Crippen molar-refractivity contribution in [3.8, 4) is 0 Å². The first-order valence-corrected chi connectivity index (χ1v) is 9.78. The Morgan fingerprint density at radius 3 is 2.23 bits per heavy atom. The van der Waals surface area contributed by atoms with Crippen molar-refractivity contribution in [3.05, 3.63) is 70.7 Å². The van der Waals surface area contributed by atoms with Gasteiger partial charge in [0.1, 0.15) is 0 Å². The maximum absolute atomic E-state index is 11.1. The van der Waals surface area contributed by atoms with Crippen LogP contribution in [0.2, 0.25) is 5.02 Å². The fourth-order valence-electron chi connectivity index (χ4n) is 3.87. The number of piperidine rings is 1. The summed E-state index contributed by atoms with van der Waals surface area (Å²) in [6.45, 7) is 2.82. The Morgan fingerprint density at radius 2 is 1.65 bits per heavy atom. The molecule has 0 aliphatic carbocycles. The Labute approximate surface area is 162 Å². The molecule has 26 heavy (non-hydrogen) atoms. The third-order valence-corrected chi connectivity index (χ3v) is 5.73. The van der Waals surface area contributed by atoms with E-state index in [9.17, 15) is 5.11 Å². The van der Waals surface area contributed by atoms with E-state index in [0.29, 0.717) is 6.04 Å². The molecule has 1 fully saturated rings. The molecule has 0 spiro atoms. The lowest BCUT2D eigenvalue weighted by Crippen LogP contribution is -2.44. The quantitative estimate of drug-likeness (QED) is 0.818. The van der Waals surface area contributed by atoms with Gasteiger partial charge in [-0.2, -0.15) is 0 Å². The summed E-state index contributed by atoms with van der Waals surface area (Å²) in [4.78, 5) is 4.75. The Bertz CT molecular complexity index is 679. The lowest BCUT2D eigenvalue weighted by molar-refractivity contribution is -0.0374. The summed E-state index contributed by atoms with van der Waals surface area (Å²) in [6.07, 6.45) is 2.60. The van der Waals surface area contributed by atoms with Gasteiger partial charge in [-0.25, -0.2) is 0 Å². The third-order valence-electron chi connectivity index (χ3n) is 5.48. The number of hydrogen-bond acceptors (Lipinski definition) is 3. The van der Waals surface area contributed by atoms with Crippen molar-refractivity contribution in [3.63, 3.8) is 0 Å². The van der Waals surface area contributed by atoms with E-state index in [4.69, 9.17) is 11.6 Å². The fourth-order valence-corrected chi connectivity index (χ4v) is 3.99. The highest BCUT2D eigenvalue weighted by Gasteiger charge is 2.36. The Kier molecular flexibility index (Phi) is 6.36. The Hall–Kier alpha value is -1.39. The Morgan fingerprint density at radius 1 is 1.04 bits per heavy atom. The number of likely N-dealkylation sites (tertiary alicyclic amines) is 1. The molecule has 0 aromatic heterocycles. The zero-order chi connectivity index (χ0) is 18.6. The third kappa shape index (κ3) is 4.66. The van der Waals surface area contributed by atoms with Crippen LogP contribution in [0.25, 0.3) is 0 Å². The average Bonchev–Trinajstić information content (AvgIpc) is 2.65. The molecule has 4 heteroatoms. The second kappa shape index (κ2) is 8.53. The first-order valence-electron chi connectivity index (χ1n) is 9.40. The molecule has 1 aliphatic rings. The Balaban J connectivity index is 1.73. The topological polar surface area (TPSA) is 26.7 Å². The van der Waals surface area contributed by atoms with Crippen molar-refractivity contribution in [1.29, 1.82) is 0 Å². The molecule has 1 aliphatic heterocycles. The number of nitrogens with zero attached hydrogens (tertiary/aromatic N) is 2. The van der Waals surface area contributed by atoms with Crippen LogP contribution in [-0.4, -0.2) is 48.6 Å². The minimum atomic E-state index is -0.705. The summed E-state index contributed by atoms with van der Waals surface area (Å²) in [7, 11) is 4.23. The maximum Gasteiger partial charge on any atom is 0.0920 e. The SMILES string of the molecule is CN(C)CCC(c1ccc(Cl)cc1)N1CCC(O)(c2ccccc2)CC1. The van der Waals surface area contributed by atoms with E-state index >= 15 is 0 Å². The molecule has 0 radical (unpaired) electrons. The minimum absolute atomic E-state index is 0.356. The predicted octanol–water partition coefficient (Wildman–Crippen LogP) is 4.32. The molecular formula is C22H29ClN2O. The maximum atomic E-state index is 11.1. The summed E-state index contributed by atoms with van der Waals surface area (Å²) in [5.41, 5.74) is 1.64. The van der Waals surface area contributed by atoms with Gasteiger partial charge in [-0.15, -0.1) is 0 Å². The molecule has 2 aromatic rings. The summed E-state index contributed by atoms with van der Waals surface area (Å²) in [6, 6.07) is 18.7. The van der Waals surface area contributed by atoms with Crippen molar-refractivity contribution in [2.24, 2.45) is 0 Å². The highest BCUT2D eigenvalue weighted by molar-refractivity contribution is 6.30. The monoisotopic (exact) mass is 372 g/mol. The molecular weight excluding hydrogens is 344 g/mol. The molecule has 140 valence electrons. The van der Waals surface area contributed by atoms with Gasteiger partial charge in [-0.1, -0.05) is 54.1 Å². The van der Waals surface area contributed by atoms with Gasteiger partial charge in [0.2, 0.25) is 0 Å². The first kappa shape index (κ1) is 19.4. The van der Waals surface area contributed by atoms with Crippen LogP contribution in [0.15, 0.2) is 54.6 Å². The van der Waals surface area contributed by atoms with Gasteiger partial charge in [0.15, 0.2) is 0 Å². The molecule has 3 rings (SSSR count). The van der Waals surface area contributed by atoms with Gasteiger partial charge in [0.25, 0.3) is 0 Å². The van der Waals surface area contributed by atoms with Crippen molar-refractivity contribution < 1.29 is 5.11 Å². The lowest BCUT2D eigenvalue weighted by atomic mass is 9.83. The zero-order valence-electron chi connectivity index (χ0n) is 15.7. The van der Waals surface area contributed by atoms with Crippen LogP contribution in [0, 0.1) is 0 Å². The largest absolute Gasteiger partial charge is 0.385 e. The molecule has 0 amide bonds. The molecule has 2 aromatic carbocycles. The highest BCUT2D eigenvalue weighted by Crippen LogP contribution is 2.36. The molecule has 1 N–H and O–H groups in total. The first-order chi connectivity index (χ1) is 12.5. The standard InChI is InChI=1S/C22H29ClN2O/c1-24(2)15-12-21(18-8-10-20(23)11-9-18)25-16-13-22(26,14-17-25)19-6-4-3-5-7-19/h3-11,21,26H,12-17H2,1-2H3. The molecule has 3 nitrogen and oxygen atoms in total. The van der Waals surface area contributed by atoms with Gasteiger partial charge < -0.3 is 10.0 Å². The normalized spacial score (nSPS) is 18.8. The second-order valence-electron chi connectivity index (χ2n) is 7.59. The van der Waals surface area contributed by atoms with Crippen LogP contribution in [0.5, 0.6) is 0 Å². The van der Waals surface area contributed by atoms with Crippen molar-refractivity contribution in [2.75, 3.05) is 33.7 Å². The van der Waals surface area contributed by atoms with Crippen molar-refractivity contribution >= 4 is 11.6 Å². The van der Waals surface area contributed by atoms with Crippen molar-refractivity contribution in [2.45, 2.75) is 30.9 Å². The number of benzene rings is 2. The molecule has 0 saturated carbocycles. The minimum Gasteiger partial charge on any atom is -0.385 e. The molecule has 1 saturated heterocycles. The van der Waals surface area contributed by atoms with Gasteiger partial charge in [-0.05, 0) is 63.2 Å². The molecule has 0 bridgehead atoms. The molecule has 1 atom stereocenters. The van der Waals surface area contributed by atoms with Gasteiger partial charge in [0, 0.05) is 24.2 Å². The zero-order valence-corrected chi connectivity index (χ0v) is 16.5. The van der Waals surface area contributed by atoms with E-state index < -0.39 is 5.60 Å². The fraction of sp³-hybridized carbons (Fsp3) is 0.455. The van der Waals surface area contributed by atoms with E-state index in [1.165, 1.54) is 5.56 Å². The van der Waals surface area contributed by atoms with Gasteiger partial charge in [0.05, 0.1) is 5.60 Å². The van der Waals surface area contributed by atoms with Gasteiger partial charge in [-0.3, -0.25) is 4.90 Å². The molecule has 1 heterocycles. The van der Waals surface area contributed by atoms with Crippen molar-refractivity contribution in [1.82, 2.24) is 9.80 Å². The number of hydrogen-bond donors (Lipinski definition) is 1. The average molecular weight is 373 g/mol. The number of halogens is 1. The van der Waals surface area contributed by atoms with Crippen LogP contribution >= 0.6 is 11.6 Å². The van der Waals surface area contributed by atoms with Crippen LogP contribution in [0.1, 0.15) is 36.4 Å². The van der Waals surface area contributed by atoms with E-state index in [1.54, 1.807) is 0 Å². The van der Waals surface area contributed by atoms with E-state index in [-0.39, 0.29) is 0 Å². The number of aliphatic hydroxyl groups is 1. The number of rotatable bonds is 6. The summed E-state index contributed by atoms with van der Waals surface area (Å²) < 4.78 is 0. The summed E-state index contributed by atoms with van der Waals surface area (Å²) in [5, 5.41) is 11.9. The molecule has 1 unspecified atom stereocenters. The van der Waals surface area contributed by atoms with E-state index in [1.807, 2.05) is 42.5 Å². The van der Waals surface area contributed by atoms with Crippen LogP contribution < -0.4 is 0 Å². The highest BCUT2D eigenvalue weighted by atomic mass is 35.5. The second-order valence-corrected chi connectivity index (χ2v) is 8.03. The summed E-state index contributed by atoms with van der Waals surface area (Å²) >= 11 is 6.08. The van der Waals surface area contributed by atoms with Crippen LogP contribution in [0.4, 0.5) is 0 Å². The predicted molar refractivity (Wildman–Crippen MR) is 109 cm³/mol. The smallest absolute Gasteiger partial charge is 0.0920 e. The van der Waals surface area contributed by atoms with Crippen LogP contribution in [0.3, 0.4) is 0 Å². The van der Waals surface area contributed by atoms with E-state index in [2.05, 4.69) is 36.0 Å².